The minimum absolute atomic E-state index is 0.138. The van der Waals surface area contributed by atoms with E-state index < -0.39 is 10.0 Å². The molecule has 8 heteroatoms. The van der Waals surface area contributed by atoms with Crippen LogP contribution < -0.4 is 13.8 Å². The average molecular weight is 374 g/mol. The van der Waals surface area contributed by atoms with E-state index in [4.69, 9.17) is 9.47 Å². The minimum atomic E-state index is -3.70. The van der Waals surface area contributed by atoms with E-state index in [1.54, 1.807) is 54.2 Å². The van der Waals surface area contributed by atoms with Crippen molar-refractivity contribution in [3.8, 4) is 11.5 Å². The molecule has 0 amide bonds. The Kier molecular flexibility index (Phi) is 4.06. The zero-order valence-electron chi connectivity index (χ0n) is 13.0. The van der Waals surface area contributed by atoms with Crippen molar-refractivity contribution in [1.29, 1.82) is 0 Å². The fourth-order valence-electron chi connectivity index (χ4n) is 2.53. The van der Waals surface area contributed by atoms with Gasteiger partial charge in [0.25, 0.3) is 10.0 Å². The molecule has 0 aliphatic carbocycles. The number of sulfonamides is 1. The quantitative estimate of drug-likeness (QED) is 0.686. The summed E-state index contributed by atoms with van der Waals surface area (Å²) in [7, 11) is -3.70. The van der Waals surface area contributed by atoms with Gasteiger partial charge in [-0.3, -0.25) is 9.29 Å². The summed E-state index contributed by atoms with van der Waals surface area (Å²) in [5.74, 6) is 1.15. The predicted molar refractivity (Wildman–Crippen MR) is 94.5 cm³/mol. The van der Waals surface area contributed by atoms with Crippen LogP contribution >= 0.6 is 11.3 Å². The number of pyridine rings is 1. The second-order valence-electron chi connectivity index (χ2n) is 5.34. The average Bonchev–Trinajstić information content (AvgIpc) is 3.31. The first-order chi connectivity index (χ1) is 12.1. The van der Waals surface area contributed by atoms with Crippen LogP contribution in [0.4, 0.5) is 5.69 Å². The summed E-state index contributed by atoms with van der Waals surface area (Å²) < 4.78 is 38.6. The van der Waals surface area contributed by atoms with Crippen LogP contribution in [0.3, 0.4) is 0 Å². The highest BCUT2D eigenvalue weighted by Crippen LogP contribution is 2.37. The molecule has 25 heavy (non-hydrogen) atoms. The minimum Gasteiger partial charge on any atom is -0.454 e. The first kappa shape index (κ1) is 15.9. The number of ether oxygens (including phenoxy) is 2. The summed E-state index contributed by atoms with van der Waals surface area (Å²) in [4.78, 5) is 4.07. The second-order valence-corrected chi connectivity index (χ2v) is 8.38. The third kappa shape index (κ3) is 3.06. The van der Waals surface area contributed by atoms with Crippen LogP contribution in [0.1, 0.15) is 5.56 Å². The summed E-state index contributed by atoms with van der Waals surface area (Å²) in [6.45, 7) is 0.312. The van der Waals surface area contributed by atoms with E-state index >= 15 is 0 Å². The van der Waals surface area contributed by atoms with E-state index in [2.05, 4.69) is 4.98 Å². The van der Waals surface area contributed by atoms with Crippen molar-refractivity contribution in [3.05, 3.63) is 65.8 Å². The number of benzene rings is 1. The third-order valence-electron chi connectivity index (χ3n) is 3.73. The Labute approximate surface area is 149 Å². The Morgan fingerprint density at radius 2 is 2.00 bits per heavy atom. The van der Waals surface area contributed by atoms with Crippen molar-refractivity contribution < 1.29 is 17.9 Å². The van der Waals surface area contributed by atoms with Gasteiger partial charge in [-0.25, -0.2) is 8.42 Å². The second kappa shape index (κ2) is 6.38. The molecule has 0 fully saturated rings. The van der Waals surface area contributed by atoms with E-state index in [1.165, 1.54) is 15.6 Å². The molecule has 1 aromatic carbocycles. The number of hydrogen-bond acceptors (Lipinski definition) is 6. The van der Waals surface area contributed by atoms with Gasteiger partial charge in [-0.15, -0.1) is 11.3 Å². The van der Waals surface area contributed by atoms with Gasteiger partial charge in [0.2, 0.25) is 6.79 Å². The Hall–Kier alpha value is -2.58. The fourth-order valence-corrected chi connectivity index (χ4v) is 5.08. The first-order valence-electron chi connectivity index (χ1n) is 7.49. The summed E-state index contributed by atoms with van der Waals surface area (Å²) in [5, 5.41) is 1.74. The van der Waals surface area contributed by atoms with E-state index in [1.807, 2.05) is 6.07 Å². The molecule has 0 saturated carbocycles. The van der Waals surface area contributed by atoms with E-state index in [9.17, 15) is 8.42 Å². The van der Waals surface area contributed by atoms with E-state index in [-0.39, 0.29) is 17.5 Å². The van der Waals surface area contributed by atoms with Gasteiger partial charge in [0.05, 0.1) is 12.2 Å². The van der Waals surface area contributed by atoms with Crippen molar-refractivity contribution >= 4 is 27.0 Å². The highest BCUT2D eigenvalue weighted by atomic mass is 32.2. The van der Waals surface area contributed by atoms with Gasteiger partial charge in [-0.2, -0.15) is 0 Å². The highest BCUT2D eigenvalue weighted by molar-refractivity contribution is 7.94. The lowest BCUT2D eigenvalue weighted by Crippen LogP contribution is -2.30. The molecule has 2 aromatic heterocycles. The lowest BCUT2D eigenvalue weighted by molar-refractivity contribution is 0.174. The molecule has 3 heterocycles. The smallest absolute Gasteiger partial charge is 0.274 e. The van der Waals surface area contributed by atoms with Gasteiger partial charge in [0.15, 0.2) is 11.5 Å². The first-order valence-corrected chi connectivity index (χ1v) is 9.81. The molecule has 128 valence electrons. The van der Waals surface area contributed by atoms with E-state index in [0.29, 0.717) is 17.2 Å². The number of nitrogens with zero attached hydrogens (tertiary/aromatic N) is 2. The Morgan fingerprint density at radius 1 is 1.12 bits per heavy atom. The van der Waals surface area contributed by atoms with Crippen molar-refractivity contribution in [2.45, 2.75) is 10.8 Å². The Bertz CT molecular complexity index is 973. The molecule has 0 atom stereocenters. The van der Waals surface area contributed by atoms with Gasteiger partial charge >= 0.3 is 0 Å². The molecule has 0 bridgehead atoms. The molecule has 0 N–H and O–H groups in total. The molecule has 1 aliphatic heterocycles. The van der Waals surface area contributed by atoms with Gasteiger partial charge < -0.3 is 9.47 Å². The van der Waals surface area contributed by atoms with E-state index in [0.717, 1.165) is 5.56 Å². The van der Waals surface area contributed by atoms with Gasteiger partial charge in [-0.1, -0.05) is 12.1 Å². The van der Waals surface area contributed by atoms with Crippen molar-refractivity contribution in [2.75, 3.05) is 11.1 Å². The fraction of sp³-hybridized carbons (Fsp3) is 0.118. The van der Waals surface area contributed by atoms with Gasteiger partial charge in [-0.05, 0) is 35.2 Å². The van der Waals surface area contributed by atoms with Crippen molar-refractivity contribution in [3.63, 3.8) is 0 Å². The summed E-state index contributed by atoms with van der Waals surface area (Å²) in [6, 6.07) is 12.1. The maximum Gasteiger partial charge on any atom is 0.274 e. The number of hydrogen-bond donors (Lipinski definition) is 0. The van der Waals surface area contributed by atoms with Crippen LogP contribution in [-0.4, -0.2) is 20.2 Å². The van der Waals surface area contributed by atoms with Crippen molar-refractivity contribution in [2.24, 2.45) is 0 Å². The Morgan fingerprint density at radius 3 is 2.76 bits per heavy atom. The van der Waals surface area contributed by atoms with Crippen LogP contribution in [0.2, 0.25) is 0 Å². The van der Waals surface area contributed by atoms with Crippen LogP contribution in [0.5, 0.6) is 11.5 Å². The molecular weight excluding hydrogens is 360 g/mol. The largest absolute Gasteiger partial charge is 0.454 e. The van der Waals surface area contributed by atoms with Gasteiger partial charge in [0.1, 0.15) is 4.21 Å². The molecule has 3 aromatic rings. The summed E-state index contributed by atoms with van der Waals surface area (Å²) in [5.41, 5.74) is 1.31. The van der Waals surface area contributed by atoms with Crippen molar-refractivity contribution in [1.82, 2.24) is 4.98 Å². The van der Waals surface area contributed by atoms with Crippen LogP contribution in [0.25, 0.3) is 0 Å². The van der Waals surface area contributed by atoms with Crippen LogP contribution in [-0.2, 0) is 16.6 Å². The lowest BCUT2D eigenvalue weighted by Gasteiger charge is -2.24. The summed E-state index contributed by atoms with van der Waals surface area (Å²) in [6.07, 6.45) is 3.31. The number of rotatable bonds is 5. The molecule has 0 spiro atoms. The number of thiophene rings is 1. The van der Waals surface area contributed by atoms with Crippen LogP contribution in [0.15, 0.2) is 64.4 Å². The zero-order valence-corrected chi connectivity index (χ0v) is 14.7. The molecule has 0 unspecified atom stereocenters. The molecular formula is C17H14N2O4S2. The zero-order chi connectivity index (χ0) is 17.3. The lowest BCUT2D eigenvalue weighted by atomic mass is 10.2. The standard InChI is InChI=1S/C17H14N2O4S2/c20-25(21,17-4-2-8-24-17)19(11-13-3-1-7-18-10-13)14-5-6-15-16(9-14)23-12-22-15/h1-10H,11-12H2. The Balaban J connectivity index is 1.78. The molecule has 1 aliphatic rings. The SMILES string of the molecule is O=S(=O)(c1cccs1)N(Cc1cccnc1)c1ccc2c(c1)OCO2. The number of fused-ring (bicyclic) bond motifs is 1. The highest BCUT2D eigenvalue weighted by Gasteiger charge is 2.28. The number of aromatic nitrogens is 1. The number of anilines is 1. The molecule has 4 rings (SSSR count). The molecule has 0 radical (unpaired) electrons. The normalized spacial score (nSPS) is 13.0. The van der Waals surface area contributed by atoms with Crippen LogP contribution in [0, 0.1) is 0 Å². The topological polar surface area (TPSA) is 68.7 Å². The predicted octanol–water partition coefficient (Wildman–Crippen LogP) is 3.27. The van der Waals surface area contributed by atoms with Gasteiger partial charge in [0, 0.05) is 18.5 Å². The summed E-state index contributed by atoms with van der Waals surface area (Å²) >= 11 is 1.19. The molecule has 0 saturated heterocycles. The maximum absolute atomic E-state index is 13.1. The maximum atomic E-state index is 13.1. The third-order valence-corrected chi connectivity index (χ3v) is 6.88. The molecule has 6 nitrogen and oxygen atoms in total. The monoisotopic (exact) mass is 374 g/mol.